The topological polar surface area (TPSA) is 608 Å². The zero-order chi connectivity index (χ0) is 96.6. The SMILES string of the molecule is CCCCCCCCCCCC(=O)N[C@H]1[C@H](Oc2c3cc4cc2Oc2ccc(cc2Cl)[C@@H](O)[C@@H]2NC(=O)[C@H](NC(=O)[C@@H]4NC(=O)[C@H]4NC(=O)[C@@H](Cc5ccc(cc5)O3)NC(=O)[C@@H](NC)c3ccc(O)c(c3)Oc3cc(O)c(Cl)c4c3)c3ccc(O)c(c3)-c3c(O[C@H]4O[C@H](CO)[C@@H](O)[C@H](O)[C@@H]4O)cc(O)cc3[C@H](C(=O)NCCCNCCCNCCCN)NC2=O)O[C@H](C(=O)OC)[C@@H](O)[C@@H]1O. The molecule has 2 saturated heterocycles. The third kappa shape index (κ3) is 23.9. The van der Waals surface area contributed by atoms with Crippen molar-refractivity contribution < 1.29 is 137 Å². The number of rotatable bonds is 30. The number of aliphatic hydroxyl groups is 7. The molecule has 8 heterocycles. The Morgan fingerprint density at radius 2 is 1.16 bits per heavy atom. The number of benzene rings is 7. The van der Waals surface area contributed by atoms with E-state index >= 15 is 28.8 Å². The van der Waals surface area contributed by atoms with Gasteiger partial charge in [0.2, 0.25) is 65.6 Å². The molecule has 726 valence electrons. The fourth-order valence-corrected chi connectivity index (χ4v) is 17.1. The molecule has 0 aromatic heterocycles. The molecule has 2 fully saturated rings. The second kappa shape index (κ2) is 46.0. The highest BCUT2D eigenvalue weighted by atomic mass is 35.5. The molecule has 7 aromatic carbocycles. The third-order valence-electron chi connectivity index (χ3n) is 24.0. The van der Waals surface area contributed by atoms with Crippen LogP contribution >= 0.6 is 23.2 Å². The lowest BCUT2D eigenvalue weighted by atomic mass is 9.89. The highest BCUT2D eigenvalue weighted by molar-refractivity contribution is 6.33. The number of nitrogens with two attached hydrogens (primary N) is 1. The van der Waals surface area contributed by atoms with Gasteiger partial charge in [-0.2, -0.15) is 0 Å². The number of phenolic OH excluding ortho intramolecular Hbond substituents is 4. The maximum atomic E-state index is 16.9. The van der Waals surface area contributed by atoms with Crippen molar-refractivity contribution in [2.75, 3.05) is 60.0 Å². The number of fused-ring (bicyclic) bond motifs is 14. The van der Waals surface area contributed by atoms with E-state index in [4.69, 9.17) is 66.8 Å². The maximum Gasteiger partial charge on any atom is 0.337 e. The summed E-state index contributed by atoms with van der Waals surface area (Å²) >= 11 is 14.4. The molecule has 8 aliphatic rings. The van der Waals surface area contributed by atoms with Crippen LogP contribution < -0.4 is 87.9 Å². The van der Waals surface area contributed by atoms with E-state index in [0.717, 1.165) is 138 Å². The van der Waals surface area contributed by atoms with Gasteiger partial charge in [-0.15, -0.1) is 0 Å². The predicted molar refractivity (Wildman–Crippen MR) is 482 cm³/mol. The average Bonchev–Trinajstić information content (AvgIpc) is 0.710. The van der Waals surface area contributed by atoms with E-state index in [9.17, 15) is 70.6 Å². The van der Waals surface area contributed by atoms with Crippen LogP contribution in [0.5, 0.6) is 69.0 Å². The second-order valence-corrected chi connectivity index (χ2v) is 34.4. The van der Waals surface area contributed by atoms with Crippen LogP contribution in [0.25, 0.3) is 11.1 Å². The van der Waals surface area contributed by atoms with Crippen molar-refractivity contribution in [2.45, 2.75) is 207 Å². The van der Waals surface area contributed by atoms with Gasteiger partial charge in [0, 0.05) is 48.2 Å². The van der Waals surface area contributed by atoms with Gasteiger partial charge >= 0.3 is 5.97 Å². The quantitative estimate of drug-likeness (QED) is 0.0225. The standard InChI is InChI=1S/C93H112Cl2N12O28/c1-4-5-6-7-8-9-10-11-12-16-66(113)102-75-78(116)80(118)83(91(127)128-3)135-92(75)134-82-63-37-48-38-64(82)131-60-26-21-47(35-55(60)94)76(114)74-90(126)106-72(85(121)100-32-15-31-99-30-14-29-98-28-13-27-96)53-39-49(109)40-62(132-93-81(119)79(117)77(115)65(43-108)133-93)67(53)52-34-45(19-24-57(52)110)70(87(123)107-74)103-88(124)71(48)104-89(125)73-54-41-51(42-59(112)68(54)95)130-61-36-46(20-25-58(61)111)69(97-2)86(122)101-56(84(120)105-73)33-44-17-22-50(129-63)23-18-44/h17-26,34-42,56,65,69-81,83,92-93,97-99,108-112,114-119H,4-16,27-33,43,96H2,1-3H3,(H,100,121)(H,101,122)(H,102,113)(H,103,124)(H,104,125)(H,105,120)(H,106,126)(H,107,123)/t56-,65-,69+,70-,71-,72-,73+,74+,75-,76-,77-,78-,79+,80+,81+,83+,92-,93+/m1/s1. The van der Waals surface area contributed by atoms with Crippen molar-refractivity contribution in [3.8, 4) is 80.1 Å². The Hall–Kier alpha value is -12.0. The number of aliphatic hydroxyl groups excluding tert-OH is 7. The lowest BCUT2D eigenvalue weighted by molar-refractivity contribution is -0.277. The molecule has 7 aromatic rings. The van der Waals surface area contributed by atoms with Crippen molar-refractivity contribution >= 4 is 76.4 Å². The summed E-state index contributed by atoms with van der Waals surface area (Å²) in [5, 5.41) is 158. The molecule has 0 radical (unpaired) electrons. The molecule has 15 rings (SSSR count). The smallest absolute Gasteiger partial charge is 0.337 e. The lowest BCUT2D eigenvalue weighted by Gasteiger charge is -2.41. The molecule has 0 saturated carbocycles. The molecule has 135 heavy (non-hydrogen) atoms. The number of amides is 8. The van der Waals surface area contributed by atoms with Crippen LogP contribution in [-0.4, -0.2) is 243 Å². The number of halogens is 2. The minimum absolute atomic E-state index is 0.113. The second-order valence-electron chi connectivity index (χ2n) is 33.6. The van der Waals surface area contributed by atoms with Crippen LogP contribution in [0.4, 0.5) is 0 Å². The van der Waals surface area contributed by atoms with Gasteiger partial charge in [0.1, 0.15) is 131 Å². The number of unbranched alkanes of at least 4 members (excludes halogenated alkanes) is 8. The molecular formula is C93H112Cl2N12O28. The summed E-state index contributed by atoms with van der Waals surface area (Å²) in [6.07, 6.45) is -11.4. The Kier molecular flexibility index (Phi) is 34.3. The van der Waals surface area contributed by atoms with Crippen LogP contribution in [0.15, 0.2) is 115 Å². The molecule has 17 bridgehead atoms. The number of carbonyl (C=O) groups is 9. The first-order valence-electron chi connectivity index (χ1n) is 44.6. The number of likely N-dealkylation sites (N-methyl/N-ethyl adjacent to an activating group) is 1. The van der Waals surface area contributed by atoms with Gasteiger partial charge in [0.15, 0.2) is 29.1 Å². The molecule has 18 atom stereocenters. The van der Waals surface area contributed by atoms with Gasteiger partial charge in [0.25, 0.3) is 0 Å². The number of ether oxygens (including phenoxy) is 8. The Bertz CT molecular complexity index is 5450. The predicted octanol–water partition coefficient (Wildman–Crippen LogP) is 3.76. The molecule has 0 aliphatic carbocycles. The molecule has 8 amide bonds. The number of carbonyl (C=O) groups excluding carboxylic acids is 9. The number of hydrogen-bond acceptors (Lipinski definition) is 32. The van der Waals surface area contributed by atoms with Crippen LogP contribution in [0.2, 0.25) is 10.0 Å². The van der Waals surface area contributed by atoms with Gasteiger partial charge in [0.05, 0.1) is 23.8 Å². The first kappa shape index (κ1) is 100. The maximum absolute atomic E-state index is 16.9. The van der Waals surface area contributed by atoms with E-state index in [2.05, 4.69) is 65.4 Å². The summed E-state index contributed by atoms with van der Waals surface area (Å²) in [5.41, 5.74) is 3.03. The number of nitrogens with one attached hydrogen (secondary N) is 11. The summed E-state index contributed by atoms with van der Waals surface area (Å²) < 4.78 is 50.1. The zero-order valence-corrected chi connectivity index (χ0v) is 75.4. The van der Waals surface area contributed by atoms with Crippen LogP contribution in [-0.2, 0) is 63.8 Å². The normalized spacial score (nSPS) is 25.0. The van der Waals surface area contributed by atoms with Gasteiger partial charge < -0.3 is 158 Å². The number of aromatic hydroxyl groups is 4. The van der Waals surface area contributed by atoms with Gasteiger partial charge in [-0.3, -0.25) is 38.4 Å². The number of methoxy groups -OCH3 is 1. The van der Waals surface area contributed by atoms with E-state index in [0.29, 0.717) is 44.6 Å². The van der Waals surface area contributed by atoms with Crippen LogP contribution in [0.1, 0.15) is 166 Å². The molecule has 42 heteroatoms. The number of esters is 1. The van der Waals surface area contributed by atoms with Crippen molar-refractivity contribution in [3.05, 3.63) is 164 Å². The van der Waals surface area contributed by atoms with E-state index < -0.39 is 271 Å². The Labute approximate surface area is 784 Å². The van der Waals surface area contributed by atoms with Crippen molar-refractivity contribution in [1.82, 2.24) is 58.5 Å². The monoisotopic (exact) mass is 1910 g/mol. The largest absolute Gasteiger partial charge is 0.508 e. The van der Waals surface area contributed by atoms with Gasteiger partial charge in [-0.1, -0.05) is 112 Å². The highest BCUT2D eigenvalue weighted by Gasteiger charge is 2.52. The fraction of sp³-hybridized carbons (Fsp3) is 0.452. The van der Waals surface area contributed by atoms with E-state index in [1.807, 2.05) is 0 Å². The minimum Gasteiger partial charge on any atom is -0.508 e. The van der Waals surface area contributed by atoms with E-state index in [1.54, 1.807) is 0 Å². The number of phenols is 4. The Morgan fingerprint density at radius 3 is 1.84 bits per heavy atom. The van der Waals surface area contributed by atoms with Crippen LogP contribution in [0.3, 0.4) is 0 Å². The van der Waals surface area contributed by atoms with E-state index in [-0.39, 0.29) is 47.8 Å². The van der Waals surface area contributed by atoms with Gasteiger partial charge in [-0.05, 0) is 172 Å². The average molecular weight is 1920 g/mol. The van der Waals surface area contributed by atoms with Crippen molar-refractivity contribution in [2.24, 2.45) is 5.73 Å². The fourth-order valence-electron chi connectivity index (χ4n) is 16.7. The van der Waals surface area contributed by atoms with E-state index in [1.165, 1.54) is 55.6 Å². The summed E-state index contributed by atoms with van der Waals surface area (Å²) in [6, 6.07) is 6.04. The lowest BCUT2D eigenvalue weighted by Crippen LogP contribution is -2.66. The molecule has 0 unspecified atom stereocenters. The summed E-state index contributed by atoms with van der Waals surface area (Å²) in [7, 11) is 2.40. The van der Waals surface area contributed by atoms with Gasteiger partial charge in [-0.25, -0.2) is 4.79 Å². The summed E-state index contributed by atoms with van der Waals surface area (Å²) in [5.74, 6) is -17.1. The third-order valence-corrected chi connectivity index (χ3v) is 24.7. The Morgan fingerprint density at radius 1 is 0.526 bits per heavy atom. The van der Waals surface area contributed by atoms with Crippen molar-refractivity contribution in [1.29, 1.82) is 0 Å². The molecule has 8 aliphatic heterocycles. The molecular weight excluding hydrogens is 1800 g/mol. The number of hydrogen-bond donors (Lipinski definition) is 23. The molecule has 0 spiro atoms. The zero-order valence-electron chi connectivity index (χ0n) is 73.9. The molecule has 40 nitrogen and oxygen atoms in total. The first-order chi connectivity index (χ1) is 64.9. The highest BCUT2D eigenvalue weighted by Crippen LogP contribution is 2.51. The summed E-state index contributed by atoms with van der Waals surface area (Å²) in [4.78, 5) is 140. The first-order valence-corrected chi connectivity index (χ1v) is 45.4. The van der Waals surface area contributed by atoms with Crippen LogP contribution in [0, 0.1) is 0 Å². The molecule has 24 N–H and O–H groups in total. The van der Waals surface area contributed by atoms with Crippen molar-refractivity contribution in [3.63, 3.8) is 0 Å². The Balaban J connectivity index is 1.02. The summed E-state index contributed by atoms with van der Waals surface area (Å²) in [6.45, 7) is 3.86. The minimum atomic E-state index is -2.44.